The number of nitrogens with two attached hydrogens (primary N) is 1. The summed E-state index contributed by atoms with van der Waals surface area (Å²) >= 11 is 0. The van der Waals surface area contributed by atoms with E-state index in [1.54, 1.807) is 0 Å². The largest absolute Gasteiger partial charge is 0.338 e. The quantitative estimate of drug-likeness (QED) is 0.923. The van der Waals surface area contributed by atoms with Crippen molar-refractivity contribution in [3.63, 3.8) is 0 Å². The van der Waals surface area contributed by atoms with E-state index < -0.39 is 6.04 Å². The molecule has 2 heterocycles. The highest BCUT2D eigenvalue weighted by Crippen LogP contribution is 2.47. The Labute approximate surface area is 145 Å². The van der Waals surface area contributed by atoms with Gasteiger partial charge in [0.15, 0.2) is 0 Å². The first-order chi connectivity index (χ1) is 10.7. The third-order valence-corrected chi connectivity index (χ3v) is 6.01. The lowest BCUT2D eigenvalue weighted by Gasteiger charge is -2.39. The van der Waals surface area contributed by atoms with E-state index >= 15 is 0 Å². The summed E-state index contributed by atoms with van der Waals surface area (Å²) in [6.45, 7) is 0.957. The fraction of sp³-hybridized carbons (Fsp3) is 0.632. The molecule has 5 rings (SSSR count). The third-order valence-electron chi connectivity index (χ3n) is 6.01. The monoisotopic (exact) mass is 334 g/mol. The summed E-state index contributed by atoms with van der Waals surface area (Å²) in [4.78, 5) is 15.1. The fourth-order valence-electron chi connectivity index (χ4n) is 5.22. The van der Waals surface area contributed by atoms with Gasteiger partial charge in [-0.1, -0.05) is 30.3 Å². The number of hydrogen-bond acceptors (Lipinski definition) is 2. The number of amides is 1. The zero-order valence-electron chi connectivity index (χ0n) is 13.6. The molecule has 0 spiro atoms. The van der Waals surface area contributed by atoms with Gasteiger partial charge in [0.2, 0.25) is 5.91 Å². The lowest BCUT2D eigenvalue weighted by atomic mass is 9.68. The van der Waals surface area contributed by atoms with E-state index in [1.165, 1.54) is 32.1 Å². The summed E-state index contributed by atoms with van der Waals surface area (Å²) in [5, 5.41) is 0. The van der Waals surface area contributed by atoms with Crippen LogP contribution in [0.2, 0.25) is 0 Å². The highest BCUT2D eigenvalue weighted by Gasteiger charge is 2.44. The van der Waals surface area contributed by atoms with Gasteiger partial charge in [0.25, 0.3) is 0 Å². The van der Waals surface area contributed by atoms with Crippen LogP contribution in [-0.2, 0) is 11.2 Å². The molecule has 3 atom stereocenters. The van der Waals surface area contributed by atoms with Gasteiger partial charge in [0.05, 0.1) is 6.04 Å². The Bertz CT molecular complexity index is 536. The van der Waals surface area contributed by atoms with Crippen LogP contribution in [0.15, 0.2) is 30.3 Å². The molecule has 2 saturated heterocycles. The maximum atomic E-state index is 12.9. The second-order valence-electron chi connectivity index (χ2n) is 7.72. The topological polar surface area (TPSA) is 46.3 Å². The molecule has 4 fully saturated rings. The Kier molecular flexibility index (Phi) is 4.98. The zero-order valence-corrected chi connectivity index (χ0v) is 14.4. The number of carbonyl (C=O) groups is 1. The average Bonchev–Trinajstić information content (AvgIpc) is 2.71. The van der Waals surface area contributed by atoms with Gasteiger partial charge in [0, 0.05) is 12.6 Å². The van der Waals surface area contributed by atoms with Crippen LogP contribution in [0.4, 0.5) is 0 Å². The number of benzene rings is 1. The average molecular weight is 335 g/mol. The molecule has 0 aromatic heterocycles. The molecule has 3 nitrogen and oxygen atoms in total. The second kappa shape index (κ2) is 6.82. The molecule has 2 saturated carbocycles. The van der Waals surface area contributed by atoms with Crippen molar-refractivity contribution in [2.24, 2.45) is 23.5 Å². The van der Waals surface area contributed by atoms with E-state index in [0.29, 0.717) is 12.5 Å². The standard InChI is InChI=1S/C19H26N2O.ClH/c20-18(11-13-4-2-1-3-5-13)19(22)21-12-16-7-14-6-15(8-16)10-17(21)9-14;/h1-5,14-18H,6-12,20H2;1H/t14?,15?,16?,17?,18-;/m0./s1. The molecule has 4 bridgehead atoms. The highest BCUT2D eigenvalue weighted by molar-refractivity contribution is 5.85. The molecule has 0 radical (unpaired) electrons. The lowest BCUT2D eigenvalue weighted by molar-refractivity contribution is -0.135. The normalized spacial score (nSPS) is 33.0. The highest BCUT2D eigenvalue weighted by atomic mass is 35.5. The molecule has 2 aliphatic carbocycles. The zero-order chi connectivity index (χ0) is 15.1. The van der Waals surface area contributed by atoms with Gasteiger partial charge in [-0.3, -0.25) is 4.79 Å². The minimum Gasteiger partial charge on any atom is -0.338 e. The maximum Gasteiger partial charge on any atom is 0.240 e. The molecule has 1 aromatic rings. The number of fused-ring (bicyclic) bond motifs is 1. The Morgan fingerprint density at radius 1 is 1.04 bits per heavy atom. The van der Waals surface area contributed by atoms with Gasteiger partial charge >= 0.3 is 0 Å². The van der Waals surface area contributed by atoms with Crippen molar-refractivity contribution in [2.75, 3.05) is 6.54 Å². The van der Waals surface area contributed by atoms with Crippen molar-refractivity contribution in [3.05, 3.63) is 35.9 Å². The predicted molar refractivity (Wildman–Crippen MR) is 94.4 cm³/mol. The summed E-state index contributed by atoms with van der Waals surface area (Å²) in [6.07, 6.45) is 7.18. The van der Waals surface area contributed by atoms with E-state index in [9.17, 15) is 4.79 Å². The SMILES string of the molecule is Cl.N[C@@H](Cc1ccccc1)C(=O)N1CC2CC3CC(C2)CC1C3. The van der Waals surface area contributed by atoms with Gasteiger partial charge in [-0.25, -0.2) is 0 Å². The Morgan fingerprint density at radius 2 is 1.65 bits per heavy atom. The first-order valence-electron chi connectivity index (χ1n) is 8.79. The van der Waals surface area contributed by atoms with Gasteiger partial charge < -0.3 is 10.6 Å². The van der Waals surface area contributed by atoms with Gasteiger partial charge in [-0.15, -0.1) is 12.4 Å². The van der Waals surface area contributed by atoms with Crippen LogP contribution in [0.5, 0.6) is 0 Å². The van der Waals surface area contributed by atoms with Crippen molar-refractivity contribution >= 4 is 18.3 Å². The van der Waals surface area contributed by atoms with Gasteiger partial charge in [-0.2, -0.15) is 0 Å². The van der Waals surface area contributed by atoms with Crippen LogP contribution in [0, 0.1) is 17.8 Å². The lowest BCUT2D eigenvalue weighted by Crippen LogP contribution is -2.50. The summed E-state index contributed by atoms with van der Waals surface area (Å²) in [7, 11) is 0. The molecule has 1 amide bonds. The van der Waals surface area contributed by atoms with Crippen molar-refractivity contribution < 1.29 is 4.79 Å². The van der Waals surface area contributed by atoms with Crippen LogP contribution in [-0.4, -0.2) is 29.4 Å². The Morgan fingerprint density at radius 3 is 2.30 bits per heavy atom. The van der Waals surface area contributed by atoms with E-state index in [1.807, 2.05) is 18.2 Å². The molecule has 1 aromatic carbocycles. The third kappa shape index (κ3) is 3.41. The van der Waals surface area contributed by atoms with Gasteiger partial charge in [-0.05, 0) is 61.8 Å². The van der Waals surface area contributed by atoms with Gasteiger partial charge in [0.1, 0.15) is 0 Å². The van der Waals surface area contributed by atoms with E-state index in [4.69, 9.17) is 5.73 Å². The number of halogens is 1. The van der Waals surface area contributed by atoms with E-state index in [2.05, 4.69) is 17.0 Å². The van der Waals surface area contributed by atoms with Crippen LogP contribution >= 0.6 is 12.4 Å². The number of hydrogen-bond donors (Lipinski definition) is 1. The van der Waals surface area contributed by atoms with E-state index in [-0.39, 0.29) is 18.3 Å². The second-order valence-corrected chi connectivity index (χ2v) is 7.72. The summed E-state index contributed by atoms with van der Waals surface area (Å²) in [6, 6.07) is 10.2. The number of carbonyl (C=O) groups excluding carboxylic acids is 1. The predicted octanol–water partition coefficient (Wildman–Crippen LogP) is 3.02. The summed E-state index contributed by atoms with van der Waals surface area (Å²) in [5.74, 6) is 2.64. The molecule has 126 valence electrons. The van der Waals surface area contributed by atoms with Crippen molar-refractivity contribution in [2.45, 2.75) is 50.6 Å². The molecule has 2 unspecified atom stereocenters. The first kappa shape index (κ1) is 16.8. The summed E-state index contributed by atoms with van der Waals surface area (Å²) < 4.78 is 0. The van der Waals surface area contributed by atoms with Crippen LogP contribution < -0.4 is 5.73 Å². The van der Waals surface area contributed by atoms with Crippen LogP contribution in [0.25, 0.3) is 0 Å². The molecule has 4 aliphatic rings. The van der Waals surface area contributed by atoms with Crippen LogP contribution in [0.3, 0.4) is 0 Å². The molecule has 4 heteroatoms. The molecular formula is C19H27ClN2O. The molecule has 2 N–H and O–H groups in total. The smallest absolute Gasteiger partial charge is 0.240 e. The minimum absolute atomic E-state index is 0. The van der Waals surface area contributed by atoms with Crippen molar-refractivity contribution in [1.29, 1.82) is 0 Å². The summed E-state index contributed by atoms with van der Waals surface area (Å²) in [5.41, 5.74) is 7.43. The number of nitrogens with zero attached hydrogens (tertiary/aromatic N) is 1. The van der Waals surface area contributed by atoms with Crippen molar-refractivity contribution in [1.82, 2.24) is 4.90 Å². The van der Waals surface area contributed by atoms with Crippen molar-refractivity contribution in [3.8, 4) is 0 Å². The first-order valence-corrected chi connectivity index (χ1v) is 8.79. The Hall–Kier alpha value is -1.06. The van der Waals surface area contributed by atoms with E-state index in [0.717, 1.165) is 29.9 Å². The fourth-order valence-corrected chi connectivity index (χ4v) is 5.22. The molecule has 2 aliphatic heterocycles. The van der Waals surface area contributed by atoms with Crippen LogP contribution in [0.1, 0.15) is 37.7 Å². The minimum atomic E-state index is -0.391. The Balaban J connectivity index is 0.00000156. The number of rotatable bonds is 3. The molecule has 23 heavy (non-hydrogen) atoms. The maximum absolute atomic E-state index is 12.9. The molecular weight excluding hydrogens is 308 g/mol.